The maximum Gasteiger partial charge on any atom is 0.219 e. The van der Waals surface area contributed by atoms with Gasteiger partial charge in [0.2, 0.25) is 5.91 Å². The van der Waals surface area contributed by atoms with Gasteiger partial charge in [-0.1, -0.05) is 11.8 Å². The number of nitrogens with zero attached hydrogens (tertiary/aromatic N) is 2. The van der Waals surface area contributed by atoms with Crippen LogP contribution in [0.2, 0.25) is 0 Å². The van der Waals surface area contributed by atoms with Gasteiger partial charge in [0.15, 0.2) is 0 Å². The summed E-state index contributed by atoms with van der Waals surface area (Å²) in [5.41, 5.74) is -0.197. The van der Waals surface area contributed by atoms with E-state index in [0.29, 0.717) is 0 Å². The second kappa shape index (κ2) is 4.67. The van der Waals surface area contributed by atoms with Crippen molar-refractivity contribution in [3.05, 3.63) is 6.92 Å². The van der Waals surface area contributed by atoms with Crippen molar-refractivity contribution >= 4 is 5.91 Å². The van der Waals surface area contributed by atoms with E-state index in [4.69, 9.17) is 6.92 Å². The molecule has 0 N–H and O–H groups in total. The molecule has 15 heavy (non-hydrogen) atoms. The number of piperazine rings is 1. The topological polar surface area (TPSA) is 23.6 Å². The molecule has 1 aliphatic rings. The van der Waals surface area contributed by atoms with Crippen molar-refractivity contribution in [3.8, 4) is 11.8 Å². The second-order valence-corrected chi connectivity index (χ2v) is 4.32. The molecule has 1 heterocycles. The maximum absolute atomic E-state index is 11.1. The highest BCUT2D eigenvalue weighted by Crippen LogP contribution is 2.15. The predicted octanol–water partition coefficient (Wildman–Crippen LogP) is 0.644. The molecule has 1 rings (SSSR count). The van der Waals surface area contributed by atoms with Crippen LogP contribution in [0.3, 0.4) is 0 Å². The first-order valence-electron chi connectivity index (χ1n) is 5.20. The minimum Gasteiger partial charge on any atom is -0.340 e. The predicted molar refractivity (Wildman–Crippen MR) is 60.0 cm³/mol. The second-order valence-electron chi connectivity index (χ2n) is 4.32. The molecule has 3 heteroatoms. The summed E-state index contributed by atoms with van der Waals surface area (Å²) in [6.07, 6.45) is 0. The van der Waals surface area contributed by atoms with Crippen molar-refractivity contribution in [1.29, 1.82) is 0 Å². The summed E-state index contributed by atoms with van der Waals surface area (Å²) in [6, 6.07) is 0. The van der Waals surface area contributed by atoms with Gasteiger partial charge in [-0.05, 0) is 13.8 Å². The number of hydrogen-bond donors (Lipinski definition) is 0. The molecule has 1 saturated heterocycles. The molecule has 1 fully saturated rings. The van der Waals surface area contributed by atoms with Gasteiger partial charge in [-0.15, -0.1) is 0 Å². The molecule has 82 valence electrons. The van der Waals surface area contributed by atoms with Gasteiger partial charge in [0, 0.05) is 33.1 Å². The van der Waals surface area contributed by atoms with Crippen molar-refractivity contribution in [2.75, 3.05) is 26.2 Å². The Morgan fingerprint density at radius 3 is 2.20 bits per heavy atom. The number of amides is 1. The van der Waals surface area contributed by atoms with Gasteiger partial charge in [-0.2, -0.15) is 0 Å². The first-order valence-corrected chi connectivity index (χ1v) is 5.20. The fraction of sp³-hybridized carbons (Fsp3) is 0.667. The lowest BCUT2D eigenvalue weighted by Crippen LogP contribution is -2.54. The summed E-state index contributed by atoms with van der Waals surface area (Å²) < 4.78 is 0. The number of carbonyl (C=O) groups excluding carboxylic acids is 1. The number of hydrogen-bond acceptors (Lipinski definition) is 2. The molecule has 0 saturated carbocycles. The summed E-state index contributed by atoms with van der Waals surface area (Å²) in [5.74, 6) is 5.60. The van der Waals surface area contributed by atoms with Crippen LogP contribution in [0.1, 0.15) is 20.8 Å². The molecule has 0 aromatic rings. The highest BCUT2D eigenvalue weighted by atomic mass is 16.2. The standard InChI is InChI=1S/C12H18N2O/c1-5-6-12(3,4)14-9-7-13(8-10-14)11(2)15/h1H,7-10H2,2-4H3. The van der Waals surface area contributed by atoms with Crippen LogP contribution in [-0.4, -0.2) is 47.4 Å². The van der Waals surface area contributed by atoms with Crippen molar-refractivity contribution in [2.45, 2.75) is 26.3 Å². The Labute approximate surface area is 92.4 Å². The van der Waals surface area contributed by atoms with Crippen LogP contribution in [0.5, 0.6) is 0 Å². The Kier molecular flexibility index (Phi) is 3.76. The summed E-state index contributed by atoms with van der Waals surface area (Å²) in [5, 5.41) is 0. The molecule has 0 unspecified atom stereocenters. The number of carbonyl (C=O) groups is 1. The summed E-state index contributed by atoms with van der Waals surface area (Å²) in [6.45, 7) is 14.3. The molecular weight excluding hydrogens is 188 g/mol. The molecular formula is C12H18N2O. The maximum atomic E-state index is 11.1. The summed E-state index contributed by atoms with van der Waals surface area (Å²) >= 11 is 0. The fourth-order valence-corrected chi connectivity index (χ4v) is 1.84. The molecule has 0 bridgehead atoms. The van der Waals surface area contributed by atoms with Gasteiger partial charge >= 0.3 is 0 Å². The quantitative estimate of drug-likeness (QED) is 0.588. The van der Waals surface area contributed by atoms with E-state index in [1.54, 1.807) is 6.92 Å². The van der Waals surface area contributed by atoms with Crippen molar-refractivity contribution < 1.29 is 4.79 Å². The molecule has 0 atom stereocenters. The van der Waals surface area contributed by atoms with E-state index in [-0.39, 0.29) is 11.4 Å². The Bertz CT molecular complexity index is 290. The average molecular weight is 206 g/mol. The Morgan fingerprint density at radius 1 is 1.27 bits per heavy atom. The lowest BCUT2D eigenvalue weighted by molar-refractivity contribution is -0.131. The molecule has 0 aromatic carbocycles. The van der Waals surface area contributed by atoms with Gasteiger partial charge < -0.3 is 4.90 Å². The minimum absolute atomic E-state index is 0.150. The van der Waals surface area contributed by atoms with Gasteiger partial charge in [-0.25, -0.2) is 0 Å². The molecule has 1 amide bonds. The normalized spacial score (nSPS) is 18.3. The Morgan fingerprint density at radius 2 is 1.80 bits per heavy atom. The molecule has 3 nitrogen and oxygen atoms in total. The van der Waals surface area contributed by atoms with Crippen LogP contribution in [0.4, 0.5) is 0 Å². The number of rotatable bonds is 1. The molecule has 2 radical (unpaired) electrons. The van der Waals surface area contributed by atoms with Crippen LogP contribution in [0.15, 0.2) is 0 Å². The fourth-order valence-electron chi connectivity index (χ4n) is 1.84. The lowest BCUT2D eigenvalue weighted by atomic mass is 10.0. The highest BCUT2D eigenvalue weighted by molar-refractivity contribution is 5.73. The van der Waals surface area contributed by atoms with E-state index in [1.807, 2.05) is 4.90 Å². The van der Waals surface area contributed by atoms with Gasteiger partial charge in [-0.3, -0.25) is 9.69 Å². The van der Waals surface area contributed by atoms with Gasteiger partial charge in [0.1, 0.15) is 0 Å². The van der Waals surface area contributed by atoms with Crippen LogP contribution in [0, 0.1) is 18.8 Å². The van der Waals surface area contributed by atoms with E-state index in [2.05, 4.69) is 30.6 Å². The molecule has 0 aromatic heterocycles. The third-order valence-corrected chi connectivity index (χ3v) is 2.89. The minimum atomic E-state index is -0.197. The van der Waals surface area contributed by atoms with Crippen LogP contribution < -0.4 is 0 Å². The van der Waals surface area contributed by atoms with Crippen LogP contribution >= 0.6 is 0 Å². The zero-order valence-electron chi connectivity index (χ0n) is 9.71. The van der Waals surface area contributed by atoms with E-state index < -0.39 is 0 Å². The largest absolute Gasteiger partial charge is 0.340 e. The van der Waals surface area contributed by atoms with Gasteiger partial charge in [0.25, 0.3) is 0 Å². The molecule has 1 aliphatic heterocycles. The van der Waals surface area contributed by atoms with E-state index >= 15 is 0 Å². The highest BCUT2D eigenvalue weighted by Gasteiger charge is 2.28. The van der Waals surface area contributed by atoms with E-state index in [0.717, 1.165) is 26.2 Å². The summed E-state index contributed by atoms with van der Waals surface area (Å²) in [4.78, 5) is 15.3. The third-order valence-electron chi connectivity index (χ3n) is 2.89. The Balaban J connectivity index is 2.56. The van der Waals surface area contributed by atoms with Crippen LogP contribution in [-0.2, 0) is 4.79 Å². The molecule has 0 spiro atoms. The average Bonchev–Trinajstić information content (AvgIpc) is 2.18. The summed E-state index contributed by atoms with van der Waals surface area (Å²) in [7, 11) is 0. The lowest BCUT2D eigenvalue weighted by Gasteiger charge is -2.41. The molecule has 0 aliphatic carbocycles. The van der Waals surface area contributed by atoms with Crippen molar-refractivity contribution in [3.63, 3.8) is 0 Å². The zero-order valence-corrected chi connectivity index (χ0v) is 9.71. The zero-order chi connectivity index (χ0) is 11.5. The first-order chi connectivity index (χ1) is 6.97. The SMILES string of the molecule is [CH]C#CC(C)(C)N1CCN(C(C)=O)CC1. The smallest absolute Gasteiger partial charge is 0.219 e. The first kappa shape index (κ1) is 12.1. The van der Waals surface area contributed by atoms with Gasteiger partial charge in [0.05, 0.1) is 12.5 Å². The Hall–Kier alpha value is -1.01. The van der Waals surface area contributed by atoms with Crippen LogP contribution in [0.25, 0.3) is 0 Å². The van der Waals surface area contributed by atoms with Crippen molar-refractivity contribution in [2.24, 2.45) is 0 Å². The third kappa shape index (κ3) is 2.97. The monoisotopic (exact) mass is 206 g/mol. The van der Waals surface area contributed by atoms with E-state index in [1.165, 1.54) is 0 Å². The van der Waals surface area contributed by atoms with Crippen molar-refractivity contribution in [1.82, 2.24) is 9.80 Å². The van der Waals surface area contributed by atoms with E-state index in [9.17, 15) is 4.79 Å².